The van der Waals surface area contributed by atoms with Gasteiger partial charge in [-0.3, -0.25) is 14.5 Å². The van der Waals surface area contributed by atoms with Crippen LogP contribution in [0.1, 0.15) is 24.8 Å². The van der Waals surface area contributed by atoms with E-state index in [1.807, 2.05) is 6.07 Å². The second-order valence-corrected chi connectivity index (χ2v) is 7.19. The minimum Gasteiger partial charge on any atom is -0.481 e. The molecule has 1 amide bonds. The molecule has 3 heterocycles. The average Bonchev–Trinajstić information content (AvgIpc) is 3.14. The lowest BCUT2D eigenvalue weighted by Gasteiger charge is -2.41. The van der Waals surface area contributed by atoms with Crippen LogP contribution < -0.4 is 5.32 Å². The maximum Gasteiger partial charge on any atom is 0.309 e. The third-order valence-corrected chi connectivity index (χ3v) is 5.77. The van der Waals surface area contributed by atoms with E-state index in [0.29, 0.717) is 12.8 Å². The third kappa shape index (κ3) is 2.65. The van der Waals surface area contributed by atoms with Crippen molar-refractivity contribution in [1.29, 1.82) is 0 Å². The van der Waals surface area contributed by atoms with E-state index in [4.69, 9.17) is 0 Å². The van der Waals surface area contributed by atoms with Crippen LogP contribution in [0.5, 0.6) is 0 Å². The normalized spacial score (nSPS) is 23.7. The first-order chi connectivity index (χ1) is 11.6. The van der Waals surface area contributed by atoms with E-state index < -0.39 is 17.4 Å². The van der Waals surface area contributed by atoms with Crippen molar-refractivity contribution in [2.45, 2.75) is 31.3 Å². The molecule has 7 nitrogen and oxygen atoms in total. The Balaban J connectivity index is 1.44. The number of benzene rings is 1. The average molecular weight is 346 g/mol. The minimum atomic E-state index is -0.872. The van der Waals surface area contributed by atoms with E-state index in [1.165, 1.54) is 17.3 Å². The molecule has 2 aliphatic heterocycles. The lowest BCUT2D eigenvalue weighted by Crippen LogP contribution is -2.55. The molecule has 4 rings (SSSR count). The Morgan fingerprint density at radius 1 is 1.33 bits per heavy atom. The number of hydrogen-bond donors (Lipinski definition) is 2. The van der Waals surface area contributed by atoms with Gasteiger partial charge in [-0.05, 0) is 30.5 Å². The lowest BCUT2D eigenvalue weighted by molar-refractivity contribution is -0.144. The molecule has 0 bridgehead atoms. The topological polar surface area (TPSA) is 95.4 Å². The number of aromatic nitrogens is 2. The number of carboxylic acid groups (broad SMARTS) is 1. The van der Waals surface area contributed by atoms with Crippen molar-refractivity contribution >= 4 is 34.6 Å². The minimum absolute atomic E-state index is 0.100. The highest BCUT2D eigenvalue weighted by atomic mass is 32.1. The molecule has 2 saturated heterocycles. The predicted molar refractivity (Wildman–Crippen MR) is 88.5 cm³/mol. The summed E-state index contributed by atoms with van der Waals surface area (Å²) in [5, 5.41) is 12.4. The molecule has 1 aromatic carbocycles. The van der Waals surface area contributed by atoms with Crippen molar-refractivity contribution in [1.82, 2.24) is 19.0 Å². The van der Waals surface area contributed by atoms with Gasteiger partial charge >= 0.3 is 5.97 Å². The van der Waals surface area contributed by atoms with Crippen LogP contribution in [0, 0.1) is 5.92 Å². The first-order valence-corrected chi connectivity index (χ1v) is 8.76. The first-order valence-electron chi connectivity index (χ1n) is 8.03. The number of nitrogens with zero attached hydrogens (tertiary/aromatic N) is 3. The van der Waals surface area contributed by atoms with Crippen LogP contribution in [-0.2, 0) is 16.1 Å². The van der Waals surface area contributed by atoms with Crippen molar-refractivity contribution in [3.8, 4) is 0 Å². The molecule has 1 aromatic heterocycles. The second kappa shape index (κ2) is 5.78. The number of hydrogen-bond acceptors (Lipinski definition) is 6. The summed E-state index contributed by atoms with van der Waals surface area (Å²) in [6, 6.07) is 6.10. The second-order valence-electron chi connectivity index (χ2n) is 6.66. The van der Waals surface area contributed by atoms with Gasteiger partial charge in [-0.1, -0.05) is 6.07 Å². The fourth-order valence-electron chi connectivity index (χ4n) is 3.89. The van der Waals surface area contributed by atoms with Crippen molar-refractivity contribution in [3.63, 3.8) is 0 Å². The van der Waals surface area contributed by atoms with Gasteiger partial charge in [0, 0.05) is 26.1 Å². The standard InChI is InChI=1S/C16H18N4O3S/c21-14-8-11(15(22)23)16(17-14)3-5-20(6-4-16)9-10-1-2-12-13(7-10)19-24-18-12/h1-2,7,11H,3-6,8-9H2,(H,17,21)(H,22,23). The molecule has 0 aliphatic carbocycles. The maximum absolute atomic E-state index is 11.7. The van der Waals surface area contributed by atoms with Gasteiger partial charge in [0.1, 0.15) is 11.0 Å². The van der Waals surface area contributed by atoms with Crippen molar-refractivity contribution < 1.29 is 14.7 Å². The van der Waals surface area contributed by atoms with Crippen LogP contribution in [0.25, 0.3) is 11.0 Å². The Hall–Kier alpha value is -2.06. The molecule has 126 valence electrons. The summed E-state index contributed by atoms with van der Waals surface area (Å²) in [6.07, 6.45) is 1.45. The van der Waals surface area contributed by atoms with Crippen LogP contribution in [0.3, 0.4) is 0 Å². The molecule has 0 radical (unpaired) electrons. The Labute approximate surface area is 143 Å². The SMILES string of the molecule is O=C1CC(C(=O)O)C2(CCN(Cc3ccc4nsnc4c3)CC2)N1. The molecule has 1 unspecified atom stereocenters. The van der Waals surface area contributed by atoms with E-state index in [1.54, 1.807) is 0 Å². The fourth-order valence-corrected chi connectivity index (χ4v) is 4.41. The highest BCUT2D eigenvalue weighted by Crippen LogP contribution is 2.37. The summed E-state index contributed by atoms with van der Waals surface area (Å²) < 4.78 is 8.48. The maximum atomic E-state index is 11.7. The summed E-state index contributed by atoms with van der Waals surface area (Å²) in [5.74, 6) is -1.62. The van der Waals surface area contributed by atoms with E-state index in [2.05, 4.69) is 31.1 Å². The van der Waals surface area contributed by atoms with Crippen LogP contribution in [0.4, 0.5) is 0 Å². The molecule has 2 N–H and O–H groups in total. The predicted octanol–water partition coefficient (Wildman–Crippen LogP) is 1.25. The van der Waals surface area contributed by atoms with Crippen LogP contribution in [0.2, 0.25) is 0 Å². The molecule has 24 heavy (non-hydrogen) atoms. The van der Waals surface area contributed by atoms with Crippen LogP contribution in [0.15, 0.2) is 18.2 Å². The van der Waals surface area contributed by atoms with Gasteiger partial charge in [0.2, 0.25) is 5.91 Å². The summed E-state index contributed by atoms with van der Waals surface area (Å²) >= 11 is 1.21. The van der Waals surface area contributed by atoms with E-state index >= 15 is 0 Å². The molecule has 0 saturated carbocycles. The number of aliphatic carboxylic acids is 1. The highest BCUT2D eigenvalue weighted by Gasteiger charge is 2.51. The monoisotopic (exact) mass is 346 g/mol. The zero-order valence-corrected chi connectivity index (χ0v) is 13.9. The largest absolute Gasteiger partial charge is 0.481 e. The van der Waals surface area contributed by atoms with Crippen molar-refractivity contribution in [3.05, 3.63) is 23.8 Å². The Bertz CT molecular complexity index is 797. The Morgan fingerprint density at radius 2 is 2.08 bits per heavy atom. The fraction of sp³-hybridized carbons (Fsp3) is 0.500. The van der Waals surface area contributed by atoms with Gasteiger partial charge in [-0.2, -0.15) is 8.75 Å². The highest BCUT2D eigenvalue weighted by molar-refractivity contribution is 7.00. The van der Waals surface area contributed by atoms with Crippen molar-refractivity contribution in [2.24, 2.45) is 5.92 Å². The van der Waals surface area contributed by atoms with E-state index in [9.17, 15) is 14.7 Å². The molecular formula is C16H18N4O3S. The zero-order valence-electron chi connectivity index (χ0n) is 13.1. The molecular weight excluding hydrogens is 328 g/mol. The number of carbonyl (C=O) groups is 2. The van der Waals surface area contributed by atoms with Gasteiger partial charge in [0.05, 0.1) is 23.2 Å². The van der Waals surface area contributed by atoms with Crippen molar-refractivity contribution in [2.75, 3.05) is 13.1 Å². The Kier molecular flexibility index (Phi) is 3.73. The molecule has 2 fully saturated rings. The first kappa shape index (κ1) is 15.5. The van der Waals surface area contributed by atoms with Gasteiger partial charge in [0.15, 0.2) is 0 Å². The smallest absolute Gasteiger partial charge is 0.309 e. The number of likely N-dealkylation sites (tertiary alicyclic amines) is 1. The quantitative estimate of drug-likeness (QED) is 0.868. The number of nitrogens with one attached hydrogen (secondary N) is 1. The number of carboxylic acids is 1. The van der Waals surface area contributed by atoms with Gasteiger partial charge in [0.25, 0.3) is 0 Å². The van der Waals surface area contributed by atoms with Gasteiger partial charge < -0.3 is 10.4 Å². The summed E-state index contributed by atoms with van der Waals surface area (Å²) in [6.45, 7) is 2.35. The van der Waals surface area contributed by atoms with Crippen LogP contribution >= 0.6 is 11.7 Å². The summed E-state index contributed by atoms with van der Waals surface area (Å²) in [5.41, 5.74) is 2.44. The lowest BCUT2D eigenvalue weighted by atomic mass is 9.77. The number of amides is 1. The van der Waals surface area contributed by atoms with E-state index in [-0.39, 0.29) is 12.3 Å². The summed E-state index contributed by atoms with van der Waals surface area (Å²) in [4.78, 5) is 25.5. The molecule has 1 spiro atoms. The number of fused-ring (bicyclic) bond motifs is 1. The number of carbonyl (C=O) groups excluding carboxylic acids is 1. The Morgan fingerprint density at radius 3 is 2.83 bits per heavy atom. The molecule has 1 atom stereocenters. The van der Waals surface area contributed by atoms with Gasteiger partial charge in [-0.25, -0.2) is 0 Å². The molecule has 2 aromatic rings. The van der Waals surface area contributed by atoms with Crippen LogP contribution in [-0.4, -0.2) is 49.3 Å². The number of rotatable bonds is 3. The van der Waals surface area contributed by atoms with Gasteiger partial charge in [-0.15, -0.1) is 0 Å². The third-order valence-electron chi connectivity index (χ3n) is 5.22. The zero-order chi connectivity index (χ0) is 16.7. The van der Waals surface area contributed by atoms with E-state index in [0.717, 1.165) is 30.7 Å². The number of piperidine rings is 1. The molecule has 2 aliphatic rings. The summed E-state index contributed by atoms with van der Waals surface area (Å²) in [7, 11) is 0. The molecule has 8 heteroatoms.